The summed E-state index contributed by atoms with van der Waals surface area (Å²) in [5.74, 6) is 0. The summed E-state index contributed by atoms with van der Waals surface area (Å²) in [6, 6.07) is 45.1. The summed E-state index contributed by atoms with van der Waals surface area (Å²) in [6.45, 7) is 4.49. The second-order valence-electron chi connectivity index (χ2n) is 10.5. The molecule has 0 radical (unpaired) electrons. The van der Waals surface area contributed by atoms with Crippen molar-refractivity contribution in [2.24, 2.45) is 0 Å². The maximum Gasteiger partial charge on any atom is 0.0887 e. The van der Waals surface area contributed by atoms with Gasteiger partial charge in [0.05, 0.1) is 16.4 Å². The Morgan fingerprint density at radius 2 is 0.854 bits per heavy atom. The lowest BCUT2D eigenvalue weighted by molar-refractivity contribution is 0.794. The first-order valence-electron chi connectivity index (χ1n) is 14.9. The van der Waals surface area contributed by atoms with Gasteiger partial charge in [0.1, 0.15) is 0 Å². The highest BCUT2D eigenvalue weighted by Crippen LogP contribution is 2.46. The number of anilines is 6. The van der Waals surface area contributed by atoms with Crippen molar-refractivity contribution >= 4 is 45.7 Å². The van der Waals surface area contributed by atoms with Gasteiger partial charge in [0.15, 0.2) is 0 Å². The van der Waals surface area contributed by atoms with Gasteiger partial charge in [-0.3, -0.25) is 0 Å². The minimum Gasteiger partial charge on any atom is -0.309 e. The van der Waals surface area contributed by atoms with Crippen LogP contribution in [-0.2, 0) is 12.8 Å². The highest BCUT2D eigenvalue weighted by Gasteiger charge is 2.22. The molecule has 0 saturated carbocycles. The Morgan fingerprint density at radius 1 is 0.463 bits per heavy atom. The molecule has 208 valence electrons. The molecule has 5 aromatic rings. The fourth-order valence-corrected chi connectivity index (χ4v) is 5.62. The number of hydrogen-bond acceptors (Lipinski definition) is 2. The maximum atomic E-state index is 7.46. The number of halogens is 1. The van der Waals surface area contributed by atoms with Crippen molar-refractivity contribution in [1.29, 1.82) is 0 Å². The fraction of sp³-hybridized carbons (Fsp3) is 0.211. The van der Waals surface area contributed by atoms with Crippen molar-refractivity contribution < 1.29 is 0 Å². The molecule has 0 aliphatic carbocycles. The number of para-hydroxylation sites is 2. The van der Waals surface area contributed by atoms with Gasteiger partial charge in [-0.15, -0.1) is 0 Å². The second kappa shape index (κ2) is 14.1. The Balaban J connectivity index is 1.67. The zero-order valence-corrected chi connectivity index (χ0v) is 24.9. The monoisotopic (exact) mass is 558 g/mol. The molecule has 0 fully saturated rings. The first-order chi connectivity index (χ1) is 20.2. The SMILES string of the molecule is CCCCc1cccc(N(c2cccc(CCCC)c2)c2cccc(N(c3ccccc3)c3ccccc3)c2Cl)c1. The molecule has 2 nitrogen and oxygen atoms in total. The van der Waals surface area contributed by atoms with E-state index in [0.29, 0.717) is 5.02 Å². The van der Waals surface area contributed by atoms with Crippen molar-refractivity contribution in [3.05, 3.63) is 144 Å². The third-order valence-corrected chi connectivity index (χ3v) is 7.83. The molecule has 0 heterocycles. The lowest BCUT2D eigenvalue weighted by atomic mass is 10.0. The minimum atomic E-state index is 0.707. The second-order valence-corrected chi connectivity index (χ2v) is 10.9. The number of rotatable bonds is 12. The zero-order valence-electron chi connectivity index (χ0n) is 24.1. The van der Waals surface area contributed by atoms with Crippen LogP contribution in [0.2, 0.25) is 5.02 Å². The highest BCUT2D eigenvalue weighted by atomic mass is 35.5. The van der Waals surface area contributed by atoms with E-state index in [1.165, 1.54) is 36.8 Å². The summed E-state index contributed by atoms with van der Waals surface area (Å²) in [6.07, 6.45) is 6.84. The lowest BCUT2D eigenvalue weighted by Crippen LogP contribution is -2.14. The molecule has 3 heteroatoms. The molecule has 0 atom stereocenters. The maximum absolute atomic E-state index is 7.46. The van der Waals surface area contributed by atoms with E-state index in [0.717, 1.165) is 47.0 Å². The van der Waals surface area contributed by atoms with Gasteiger partial charge in [-0.25, -0.2) is 0 Å². The Labute approximate surface area is 250 Å². The number of unbranched alkanes of at least 4 members (excludes halogenated alkanes) is 2. The quantitative estimate of drug-likeness (QED) is 0.150. The normalized spacial score (nSPS) is 10.9. The molecule has 0 N–H and O–H groups in total. The largest absolute Gasteiger partial charge is 0.309 e. The van der Waals surface area contributed by atoms with Crippen LogP contribution in [0.25, 0.3) is 0 Å². The van der Waals surface area contributed by atoms with Gasteiger partial charge in [0, 0.05) is 22.7 Å². The number of aryl methyl sites for hydroxylation is 2. The molecule has 0 aliphatic heterocycles. The molecular formula is C38H39ClN2. The molecule has 41 heavy (non-hydrogen) atoms. The summed E-state index contributed by atoms with van der Waals surface area (Å²) >= 11 is 7.46. The molecule has 0 saturated heterocycles. The first kappa shape index (κ1) is 28.5. The summed E-state index contributed by atoms with van der Waals surface area (Å²) in [5, 5.41) is 0.707. The molecule has 5 aromatic carbocycles. The molecule has 0 spiro atoms. The number of hydrogen-bond donors (Lipinski definition) is 0. The standard InChI is InChI=1S/C38H39ClN2/c1-3-5-16-30-18-13-24-34(28-30)41(35-25-14-19-31(29-35)17-6-4-2)37-27-15-26-36(38(37)39)40(32-20-9-7-10-21-32)33-22-11-8-12-23-33/h7-15,18-29H,3-6,16-17H2,1-2H3. The van der Waals surface area contributed by atoms with Crippen molar-refractivity contribution in [1.82, 2.24) is 0 Å². The van der Waals surface area contributed by atoms with Gasteiger partial charge in [0.25, 0.3) is 0 Å². The molecular weight excluding hydrogens is 520 g/mol. The number of benzene rings is 5. The Morgan fingerprint density at radius 3 is 1.29 bits per heavy atom. The average molecular weight is 559 g/mol. The van der Waals surface area contributed by atoms with Crippen LogP contribution >= 0.6 is 11.6 Å². The Hall–Kier alpha value is -4.01. The van der Waals surface area contributed by atoms with Gasteiger partial charge >= 0.3 is 0 Å². The third-order valence-electron chi connectivity index (χ3n) is 7.44. The molecule has 0 unspecified atom stereocenters. The third kappa shape index (κ3) is 6.84. The Kier molecular flexibility index (Phi) is 9.78. The van der Waals surface area contributed by atoms with E-state index in [9.17, 15) is 0 Å². The van der Waals surface area contributed by atoms with Gasteiger partial charge in [0.2, 0.25) is 0 Å². The van der Waals surface area contributed by atoms with Gasteiger partial charge in [-0.2, -0.15) is 0 Å². The molecule has 0 aliphatic rings. The molecule has 0 aromatic heterocycles. The van der Waals surface area contributed by atoms with Crippen LogP contribution in [0.4, 0.5) is 34.1 Å². The van der Waals surface area contributed by atoms with E-state index in [2.05, 4.69) is 139 Å². The molecule has 0 bridgehead atoms. The zero-order chi connectivity index (χ0) is 28.4. The summed E-state index contributed by atoms with van der Waals surface area (Å²) in [5.41, 5.74) is 8.96. The topological polar surface area (TPSA) is 6.48 Å². The Bertz CT molecular complexity index is 1440. The summed E-state index contributed by atoms with van der Waals surface area (Å²) in [4.78, 5) is 4.56. The van der Waals surface area contributed by atoms with Crippen LogP contribution in [0.15, 0.2) is 127 Å². The van der Waals surface area contributed by atoms with Gasteiger partial charge in [-0.1, -0.05) is 105 Å². The van der Waals surface area contributed by atoms with E-state index in [4.69, 9.17) is 11.6 Å². The van der Waals surface area contributed by atoms with Crippen molar-refractivity contribution in [3.63, 3.8) is 0 Å². The first-order valence-corrected chi connectivity index (χ1v) is 15.2. The number of nitrogens with zero attached hydrogens (tertiary/aromatic N) is 2. The van der Waals surface area contributed by atoms with Crippen LogP contribution in [-0.4, -0.2) is 0 Å². The summed E-state index contributed by atoms with van der Waals surface area (Å²) in [7, 11) is 0. The van der Waals surface area contributed by atoms with E-state index in [1.54, 1.807) is 0 Å². The predicted molar refractivity (Wildman–Crippen MR) is 178 cm³/mol. The van der Waals surface area contributed by atoms with Crippen LogP contribution in [0.5, 0.6) is 0 Å². The fourth-order valence-electron chi connectivity index (χ4n) is 5.33. The van der Waals surface area contributed by atoms with E-state index >= 15 is 0 Å². The smallest absolute Gasteiger partial charge is 0.0887 e. The van der Waals surface area contributed by atoms with E-state index < -0.39 is 0 Å². The highest BCUT2D eigenvalue weighted by molar-refractivity contribution is 6.36. The van der Waals surface area contributed by atoms with Crippen molar-refractivity contribution in [2.45, 2.75) is 52.4 Å². The molecule has 5 rings (SSSR count). The van der Waals surface area contributed by atoms with Crippen molar-refractivity contribution in [3.8, 4) is 0 Å². The van der Waals surface area contributed by atoms with Crippen LogP contribution < -0.4 is 9.80 Å². The lowest BCUT2D eigenvalue weighted by Gasteiger charge is -2.31. The average Bonchev–Trinajstić information content (AvgIpc) is 3.02. The van der Waals surface area contributed by atoms with Gasteiger partial charge in [-0.05, 0) is 97.5 Å². The summed E-state index contributed by atoms with van der Waals surface area (Å²) < 4.78 is 0. The molecule has 0 amide bonds. The van der Waals surface area contributed by atoms with E-state index in [-0.39, 0.29) is 0 Å². The van der Waals surface area contributed by atoms with Crippen LogP contribution in [0.1, 0.15) is 50.7 Å². The van der Waals surface area contributed by atoms with Crippen molar-refractivity contribution in [2.75, 3.05) is 9.80 Å². The van der Waals surface area contributed by atoms with Crippen LogP contribution in [0, 0.1) is 0 Å². The van der Waals surface area contributed by atoms with Crippen LogP contribution in [0.3, 0.4) is 0 Å². The predicted octanol–water partition coefficient (Wildman–Crippen LogP) is 12.0. The van der Waals surface area contributed by atoms with E-state index in [1.807, 2.05) is 12.1 Å². The minimum absolute atomic E-state index is 0.707. The van der Waals surface area contributed by atoms with Gasteiger partial charge < -0.3 is 9.80 Å².